The molecule has 0 bridgehead atoms. The second kappa shape index (κ2) is 5.71. The standard InChI is InChI=1S/C14H22N2O3S/c1-9-8-10(2)14(11(3)13(9)15)20(17,18)16-12-4-6-19-7-5-12/h8,12,16H,4-7,15H2,1-3H3. The Hall–Kier alpha value is -1.11. The number of nitrogens with two attached hydrogens (primary N) is 1. The molecular weight excluding hydrogens is 276 g/mol. The lowest BCUT2D eigenvalue weighted by atomic mass is 10.1. The zero-order valence-electron chi connectivity index (χ0n) is 12.2. The van der Waals surface area contributed by atoms with E-state index in [0.717, 1.165) is 11.1 Å². The van der Waals surface area contributed by atoms with Crippen LogP contribution in [-0.2, 0) is 14.8 Å². The van der Waals surface area contributed by atoms with E-state index in [2.05, 4.69) is 4.72 Å². The van der Waals surface area contributed by atoms with E-state index in [0.29, 0.717) is 42.2 Å². The van der Waals surface area contributed by atoms with Crippen molar-refractivity contribution in [3.63, 3.8) is 0 Å². The van der Waals surface area contributed by atoms with Crippen LogP contribution in [0.2, 0.25) is 0 Å². The van der Waals surface area contributed by atoms with Gasteiger partial charge < -0.3 is 10.5 Å². The average molecular weight is 298 g/mol. The highest BCUT2D eigenvalue weighted by molar-refractivity contribution is 7.89. The van der Waals surface area contributed by atoms with Crippen molar-refractivity contribution in [1.29, 1.82) is 0 Å². The summed E-state index contributed by atoms with van der Waals surface area (Å²) < 4.78 is 33.2. The highest BCUT2D eigenvalue weighted by Gasteiger charge is 2.26. The minimum absolute atomic E-state index is 0.0601. The van der Waals surface area contributed by atoms with Crippen molar-refractivity contribution in [3.05, 3.63) is 22.8 Å². The van der Waals surface area contributed by atoms with E-state index in [1.54, 1.807) is 13.8 Å². The lowest BCUT2D eigenvalue weighted by molar-refractivity contribution is 0.0832. The van der Waals surface area contributed by atoms with Gasteiger partial charge in [0, 0.05) is 24.9 Å². The number of aryl methyl sites for hydroxylation is 2. The molecular formula is C14H22N2O3S. The lowest BCUT2D eigenvalue weighted by Crippen LogP contribution is -2.39. The van der Waals surface area contributed by atoms with E-state index >= 15 is 0 Å². The van der Waals surface area contributed by atoms with Crippen LogP contribution in [0, 0.1) is 20.8 Å². The van der Waals surface area contributed by atoms with E-state index in [1.165, 1.54) is 0 Å². The predicted octanol–water partition coefficient (Wildman–Crippen LogP) is 1.65. The molecule has 0 atom stereocenters. The van der Waals surface area contributed by atoms with E-state index < -0.39 is 10.0 Å². The van der Waals surface area contributed by atoms with Gasteiger partial charge in [-0.1, -0.05) is 6.07 Å². The molecule has 0 radical (unpaired) electrons. The summed E-state index contributed by atoms with van der Waals surface area (Å²) in [5.74, 6) is 0. The number of nitrogens with one attached hydrogen (secondary N) is 1. The fourth-order valence-electron chi connectivity index (χ4n) is 2.69. The molecule has 0 spiro atoms. The van der Waals surface area contributed by atoms with Gasteiger partial charge in [0.2, 0.25) is 10.0 Å². The highest BCUT2D eigenvalue weighted by atomic mass is 32.2. The Balaban J connectivity index is 2.36. The van der Waals surface area contributed by atoms with E-state index in [-0.39, 0.29) is 6.04 Å². The lowest BCUT2D eigenvalue weighted by Gasteiger charge is -2.24. The minimum atomic E-state index is -3.55. The molecule has 1 aromatic carbocycles. The maximum atomic E-state index is 12.6. The van der Waals surface area contributed by atoms with E-state index in [9.17, 15) is 8.42 Å². The summed E-state index contributed by atoms with van der Waals surface area (Å²) in [6.45, 7) is 6.64. The minimum Gasteiger partial charge on any atom is -0.398 e. The van der Waals surface area contributed by atoms with Crippen molar-refractivity contribution < 1.29 is 13.2 Å². The Morgan fingerprint density at radius 1 is 1.20 bits per heavy atom. The third-order valence-electron chi connectivity index (χ3n) is 3.77. The molecule has 1 aliphatic rings. The van der Waals surface area contributed by atoms with Crippen LogP contribution in [0.5, 0.6) is 0 Å². The fraction of sp³-hybridized carbons (Fsp3) is 0.571. The van der Waals surface area contributed by atoms with Crippen LogP contribution in [0.15, 0.2) is 11.0 Å². The van der Waals surface area contributed by atoms with Gasteiger partial charge in [-0.25, -0.2) is 13.1 Å². The number of anilines is 1. The number of sulfonamides is 1. The molecule has 0 unspecified atom stereocenters. The van der Waals surface area contributed by atoms with Gasteiger partial charge >= 0.3 is 0 Å². The molecule has 0 aromatic heterocycles. The first kappa shape index (κ1) is 15.3. The molecule has 20 heavy (non-hydrogen) atoms. The van der Waals surface area contributed by atoms with Crippen molar-refractivity contribution in [2.45, 2.75) is 44.6 Å². The molecule has 1 aromatic rings. The van der Waals surface area contributed by atoms with Crippen LogP contribution < -0.4 is 10.5 Å². The molecule has 1 aliphatic heterocycles. The van der Waals surface area contributed by atoms with Gasteiger partial charge in [0.1, 0.15) is 0 Å². The second-order valence-corrected chi connectivity index (χ2v) is 7.04. The SMILES string of the molecule is Cc1cc(C)c(S(=O)(=O)NC2CCOCC2)c(C)c1N. The van der Waals surface area contributed by atoms with Crippen LogP contribution in [0.3, 0.4) is 0 Å². The summed E-state index contributed by atoms with van der Waals surface area (Å²) in [6, 6.07) is 1.76. The molecule has 112 valence electrons. The Morgan fingerprint density at radius 3 is 2.40 bits per heavy atom. The van der Waals surface area contributed by atoms with Gasteiger partial charge in [-0.3, -0.25) is 0 Å². The van der Waals surface area contributed by atoms with Gasteiger partial charge in [0.25, 0.3) is 0 Å². The predicted molar refractivity (Wildman–Crippen MR) is 79.2 cm³/mol. The molecule has 3 N–H and O–H groups in total. The van der Waals surface area contributed by atoms with Gasteiger partial charge in [0.15, 0.2) is 0 Å². The largest absolute Gasteiger partial charge is 0.398 e. The molecule has 1 saturated heterocycles. The number of ether oxygens (including phenoxy) is 1. The second-order valence-electron chi connectivity index (χ2n) is 5.39. The van der Waals surface area contributed by atoms with Crippen molar-refractivity contribution in [2.75, 3.05) is 18.9 Å². The third-order valence-corrected chi connectivity index (χ3v) is 5.58. The smallest absolute Gasteiger partial charge is 0.241 e. The van der Waals surface area contributed by atoms with Crippen LogP contribution in [0.1, 0.15) is 29.5 Å². The summed E-state index contributed by atoms with van der Waals surface area (Å²) in [4.78, 5) is 0.312. The molecule has 1 heterocycles. The maximum Gasteiger partial charge on any atom is 0.241 e. The number of benzene rings is 1. The topological polar surface area (TPSA) is 81.4 Å². The number of rotatable bonds is 3. The molecule has 0 aliphatic carbocycles. The van der Waals surface area contributed by atoms with E-state index in [4.69, 9.17) is 10.5 Å². The van der Waals surface area contributed by atoms with Crippen molar-refractivity contribution in [1.82, 2.24) is 4.72 Å². The van der Waals surface area contributed by atoms with Crippen LogP contribution in [-0.4, -0.2) is 27.7 Å². The quantitative estimate of drug-likeness (QED) is 0.831. The molecule has 6 heteroatoms. The van der Waals surface area contributed by atoms with Gasteiger partial charge in [-0.05, 0) is 50.3 Å². The Bertz CT molecular complexity index is 605. The first-order valence-electron chi connectivity index (χ1n) is 6.79. The summed E-state index contributed by atoms with van der Waals surface area (Å²) in [5, 5.41) is 0. The molecule has 1 fully saturated rings. The Morgan fingerprint density at radius 2 is 1.80 bits per heavy atom. The summed E-state index contributed by atoms with van der Waals surface area (Å²) >= 11 is 0. The Kier molecular flexibility index (Phi) is 4.36. The molecule has 0 amide bonds. The maximum absolute atomic E-state index is 12.6. The van der Waals surface area contributed by atoms with E-state index in [1.807, 2.05) is 13.0 Å². The highest BCUT2D eigenvalue weighted by Crippen LogP contribution is 2.28. The number of hydrogen-bond acceptors (Lipinski definition) is 4. The third kappa shape index (κ3) is 2.97. The Labute approximate surface area is 120 Å². The normalized spacial score (nSPS) is 17.4. The summed E-state index contributed by atoms with van der Waals surface area (Å²) in [7, 11) is -3.55. The number of hydrogen-bond donors (Lipinski definition) is 2. The van der Waals surface area contributed by atoms with Crippen molar-refractivity contribution in [3.8, 4) is 0 Å². The van der Waals surface area contributed by atoms with Gasteiger partial charge in [0.05, 0.1) is 4.90 Å². The first-order chi connectivity index (χ1) is 9.33. The van der Waals surface area contributed by atoms with Gasteiger partial charge in [-0.2, -0.15) is 0 Å². The summed E-state index contributed by atoms with van der Waals surface area (Å²) in [5.41, 5.74) is 8.78. The fourth-order valence-corrected chi connectivity index (χ4v) is 4.48. The molecule has 2 rings (SSSR count). The zero-order valence-corrected chi connectivity index (χ0v) is 13.0. The van der Waals surface area contributed by atoms with Crippen molar-refractivity contribution >= 4 is 15.7 Å². The van der Waals surface area contributed by atoms with Crippen LogP contribution in [0.4, 0.5) is 5.69 Å². The monoisotopic (exact) mass is 298 g/mol. The molecule has 0 saturated carbocycles. The van der Waals surface area contributed by atoms with Crippen LogP contribution in [0.25, 0.3) is 0 Å². The average Bonchev–Trinajstić information content (AvgIpc) is 2.36. The first-order valence-corrected chi connectivity index (χ1v) is 8.27. The molecule has 5 nitrogen and oxygen atoms in total. The number of nitrogen functional groups attached to an aromatic ring is 1. The zero-order chi connectivity index (χ0) is 14.9. The summed E-state index contributed by atoms with van der Waals surface area (Å²) in [6.07, 6.45) is 1.41. The van der Waals surface area contributed by atoms with Gasteiger partial charge in [-0.15, -0.1) is 0 Å². The van der Waals surface area contributed by atoms with Crippen LogP contribution >= 0.6 is 0 Å². The van der Waals surface area contributed by atoms with Crippen molar-refractivity contribution in [2.24, 2.45) is 0 Å².